The number of carboxylic acids is 1. The molecule has 0 radical (unpaired) electrons. The highest BCUT2D eigenvalue weighted by molar-refractivity contribution is 7.89. The van der Waals surface area contributed by atoms with Crippen LogP contribution in [0, 0.1) is 32.4 Å². The van der Waals surface area contributed by atoms with Gasteiger partial charge in [-0.25, -0.2) is 27.0 Å². The van der Waals surface area contributed by atoms with Gasteiger partial charge in [-0.05, 0) is 57.0 Å². The van der Waals surface area contributed by atoms with Gasteiger partial charge in [0.05, 0.1) is 15.8 Å². The number of sulfonamides is 1. The molecule has 2 heterocycles. The van der Waals surface area contributed by atoms with Crippen LogP contribution in [0.4, 0.5) is 14.6 Å². The number of aromatic nitrogens is 2. The van der Waals surface area contributed by atoms with Crippen molar-refractivity contribution >= 4 is 38.6 Å². The SMILES string of the molecule is Cc1cc(C)c(S(=O)(=O)NC(C)(C(=O)O)N(C)C(=O)c2c[nH]c3c(F)c(CNc4ccccn4)c(F)cc3c2=O)c(C)c1. The average Bonchev–Trinajstić information content (AvgIpc) is 2.92. The minimum absolute atomic E-state index is 0.158. The largest absolute Gasteiger partial charge is 0.478 e. The number of fused-ring (bicyclic) bond motifs is 1. The Morgan fingerprint density at radius 2 is 1.77 bits per heavy atom. The van der Waals surface area contributed by atoms with Crippen LogP contribution in [-0.2, 0) is 21.4 Å². The minimum Gasteiger partial charge on any atom is -0.478 e. The van der Waals surface area contributed by atoms with Crippen LogP contribution in [-0.4, -0.2) is 53.0 Å². The molecule has 0 aliphatic carbocycles. The Hall–Kier alpha value is -4.69. The van der Waals surface area contributed by atoms with Gasteiger partial charge in [-0.3, -0.25) is 9.59 Å². The van der Waals surface area contributed by atoms with Crippen LogP contribution < -0.4 is 15.5 Å². The third kappa shape index (κ3) is 5.83. The maximum absolute atomic E-state index is 15.3. The molecule has 11 nitrogen and oxygen atoms in total. The first-order valence-electron chi connectivity index (χ1n) is 12.9. The van der Waals surface area contributed by atoms with Gasteiger partial charge in [0.2, 0.25) is 21.1 Å². The molecule has 4 rings (SSSR count). The molecule has 4 aromatic rings. The zero-order valence-corrected chi connectivity index (χ0v) is 24.7. The number of likely N-dealkylation sites (N-methyl/N-ethyl adjacent to an activating group) is 1. The van der Waals surface area contributed by atoms with Gasteiger partial charge in [0, 0.05) is 31.5 Å². The summed E-state index contributed by atoms with van der Waals surface area (Å²) in [6, 6.07) is 8.94. The standard InChI is InChI=1S/C29H29F2N5O6S/c1-15-10-16(2)26(17(3)11-15)43(41,42)35-29(4,28(39)40)36(5)27(38)20-14-34-24-18(25(20)37)12-21(30)19(23(24)31)13-33-22-8-6-7-9-32-22/h6-12,14,35H,13H2,1-5H3,(H,32,33)(H,34,37)(H,39,40). The lowest BCUT2D eigenvalue weighted by Crippen LogP contribution is -2.64. The molecular formula is C29H29F2N5O6S. The summed E-state index contributed by atoms with van der Waals surface area (Å²) < 4.78 is 59.2. The van der Waals surface area contributed by atoms with Gasteiger partial charge in [0.1, 0.15) is 17.2 Å². The molecule has 0 aliphatic rings. The summed E-state index contributed by atoms with van der Waals surface area (Å²) in [7, 11) is -3.52. The van der Waals surface area contributed by atoms with Crippen molar-refractivity contribution in [1.82, 2.24) is 19.6 Å². The summed E-state index contributed by atoms with van der Waals surface area (Å²) in [6.45, 7) is 5.52. The lowest BCUT2D eigenvalue weighted by molar-refractivity contribution is -0.149. The van der Waals surface area contributed by atoms with E-state index in [2.05, 4.69) is 20.0 Å². The van der Waals surface area contributed by atoms with E-state index in [-0.39, 0.29) is 22.5 Å². The predicted molar refractivity (Wildman–Crippen MR) is 155 cm³/mol. The van der Waals surface area contributed by atoms with Crippen LogP contribution >= 0.6 is 0 Å². The molecule has 2 aromatic heterocycles. The molecule has 1 atom stereocenters. The number of nitrogens with one attached hydrogen (secondary N) is 3. The van der Waals surface area contributed by atoms with Crippen molar-refractivity contribution in [2.24, 2.45) is 0 Å². The number of nitrogens with zero attached hydrogens (tertiary/aromatic N) is 2. The number of anilines is 1. The lowest BCUT2D eigenvalue weighted by Gasteiger charge is -2.35. The van der Waals surface area contributed by atoms with Crippen LogP contribution in [0.3, 0.4) is 0 Å². The Bertz CT molecular complexity index is 1910. The molecule has 0 fully saturated rings. The van der Waals surface area contributed by atoms with Crippen molar-refractivity contribution in [2.75, 3.05) is 12.4 Å². The number of carbonyl (C=O) groups is 2. The zero-order chi connectivity index (χ0) is 31.9. The van der Waals surface area contributed by atoms with Crippen molar-refractivity contribution in [3.63, 3.8) is 0 Å². The van der Waals surface area contributed by atoms with Crippen molar-refractivity contribution in [1.29, 1.82) is 0 Å². The maximum Gasteiger partial charge on any atom is 0.345 e. The van der Waals surface area contributed by atoms with Gasteiger partial charge >= 0.3 is 5.97 Å². The fourth-order valence-electron chi connectivity index (χ4n) is 4.84. The van der Waals surface area contributed by atoms with Crippen molar-refractivity contribution in [3.8, 4) is 0 Å². The third-order valence-electron chi connectivity index (χ3n) is 7.10. The highest BCUT2D eigenvalue weighted by Gasteiger charge is 2.45. The molecule has 226 valence electrons. The first-order chi connectivity index (χ1) is 20.1. The number of rotatable bonds is 9. The van der Waals surface area contributed by atoms with E-state index in [4.69, 9.17) is 0 Å². The molecule has 0 spiro atoms. The smallest absolute Gasteiger partial charge is 0.345 e. The number of halogens is 2. The van der Waals surface area contributed by atoms with Crippen LogP contribution in [0.15, 0.2) is 58.5 Å². The number of amides is 1. The number of hydrogen-bond acceptors (Lipinski definition) is 7. The monoisotopic (exact) mass is 613 g/mol. The molecule has 14 heteroatoms. The summed E-state index contributed by atoms with van der Waals surface area (Å²) in [5.41, 5.74) is -3.58. The number of carboxylic acid groups (broad SMARTS) is 1. The van der Waals surface area contributed by atoms with E-state index in [0.717, 1.165) is 31.8 Å². The second kappa shape index (κ2) is 11.5. The Kier molecular flexibility index (Phi) is 8.38. The molecule has 0 saturated heterocycles. The summed E-state index contributed by atoms with van der Waals surface area (Å²) >= 11 is 0. The quantitative estimate of drug-likeness (QED) is 0.208. The molecule has 1 amide bonds. The summed E-state index contributed by atoms with van der Waals surface area (Å²) in [5.74, 6) is -4.73. The van der Waals surface area contributed by atoms with Crippen LogP contribution in [0.25, 0.3) is 10.9 Å². The summed E-state index contributed by atoms with van der Waals surface area (Å²) in [6.07, 6.45) is 2.36. The second-order valence-electron chi connectivity index (χ2n) is 10.2. The van der Waals surface area contributed by atoms with Gasteiger partial charge in [0.15, 0.2) is 5.82 Å². The number of hydrogen-bond donors (Lipinski definition) is 4. The predicted octanol–water partition coefficient (Wildman–Crippen LogP) is 3.59. The van der Waals surface area contributed by atoms with Crippen LogP contribution in [0.2, 0.25) is 0 Å². The van der Waals surface area contributed by atoms with Crippen molar-refractivity contribution in [2.45, 2.75) is 44.8 Å². The highest BCUT2D eigenvalue weighted by atomic mass is 32.2. The molecule has 43 heavy (non-hydrogen) atoms. The number of aromatic amines is 1. The van der Waals surface area contributed by atoms with Gasteiger partial charge in [-0.15, -0.1) is 0 Å². The van der Waals surface area contributed by atoms with Crippen molar-refractivity contribution in [3.05, 3.63) is 98.5 Å². The first-order valence-corrected chi connectivity index (χ1v) is 14.4. The number of carbonyl (C=O) groups excluding carboxylic acids is 1. The highest BCUT2D eigenvalue weighted by Crippen LogP contribution is 2.26. The van der Waals surface area contributed by atoms with E-state index in [1.807, 2.05) is 0 Å². The average molecular weight is 614 g/mol. The van der Waals surface area contributed by atoms with Crippen molar-refractivity contribution < 1.29 is 31.9 Å². The summed E-state index contributed by atoms with van der Waals surface area (Å²) in [5, 5.41) is 12.3. The maximum atomic E-state index is 15.3. The topological polar surface area (TPSA) is 162 Å². The van der Waals surface area contributed by atoms with Crippen LogP contribution in [0.5, 0.6) is 0 Å². The van der Waals surface area contributed by atoms with E-state index < -0.39 is 55.6 Å². The number of pyridine rings is 2. The molecule has 0 aliphatic heterocycles. The van der Waals surface area contributed by atoms with E-state index >= 15 is 4.39 Å². The molecule has 0 saturated carbocycles. The van der Waals surface area contributed by atoms with Gasteiger partial charge < -0.3 is 20.3 Å². The number of benzene rings is 2. The second-order valence-corrected chi connectivity index (χ2v) is 11.9. The van der Waals surface area contributed by atoms with E-state index in [9.17, 15) is 32.3 Å². The van der Waals surface area contributed by atoms with E-state index in [1.165, 1.54) is 6.20 Å². The first kappa shape index (κ1) is 31.3. The number of aliphatic carboxylic acids is 1. The van der Waals surface area contributed by atoms with Crippen LogP contribution in [0.1, 0.15) is 39.5 Å². The van der Waals surface area contributed by atoms with Gasteiger partial charge in [-0.1, -0.05) is 23.8 Å². The number of H-pyrrole nitrogens is 1. The molecule has 4 N–H and O–H groups in total. The molecule has 1 unspecified atom stereocenters. The van der Waals surface area contributed by atoms with E-state index in [0.29, 0.717) is 21.8 Å². The number of aryl methyl sites for hydroxylation is 3. The molecule has 2 aromatic carbocycles. The Morgan fingerprint density at radius 1 is 1.12 bits per heavy atom. The van der Waals surface area contributed by atoms with E-state index in [1.54, 1.807) is 51.1 Å². The van der Waals surface area contributed by atoms with Gasteiger partial charge in [-0.2, -0.15) is 4.72 Å². The third-order valence-corrected chi connectivity index (χ3v) is 8.95. The molecular weight excluding hydrogens is 584 g/mol. The fraction of sp³-hybridized carbons (Fsp3) is 0.241. The Balaban J connectivity index is 1.70. The minimum atomic E-state index is -4.51. The Labute approximate surface area is 245 Å². The summed E-state index contributed by atoms with van der Waals surface area (Å²) in [4.78, 5) is 46.0. The Morgan fingerprint density at radius 3 is 2.35 bits per heavy atom. The van der Waals surface area contributed by atoms with Gasteiger partial charge in [0.25, 0.3) is 5.91 Å². The lowest BCUT2D eigenvalue weighted by atomic mass is 10.1. The zero-order valence-electron chi connectivity index (χ0n) is 23.9. The molecule has 0 bridgehead atoms. The fourth-order valence-corrected chi connectivity index (χ4v) is 6.66. The normalized spacial score (nSPS) is 13.0.